The van der Waals surface area contributed by atoms with Crippen molar-refractivity contribution in [3.63, 3.8) is 0 Å². The van der Waals surface area contributed by atoms with Crippen molar-refractivity contribution in [1.82, 2.24) is 19.5 Å². The van der Waals surface area contributed by atoms with Crippen LogP contribution in [0.1, 0.15) is 41.3 Å². The molecule has 0 unspecified atom stereocenters. The van der Waals surface area contributed by atoms with Gasteiger partial charge in [0, 0.05) is 24.8 Å². The number of ether oxygens (including phenoxy) is 1. The van der Waals surface area contributed by atoms with E-state index in [1.807, 2.05) is 55.6 Å². The number of benzene rings is 1. The number of amides is 1. The first-order valence-corrected chi connectivity index (χ1v) is 10.4. The van der Waals surface area contributed by atoms with Crippen LogP contribution in [0.5, 0.6) is 0 Å². The minimum atomic E-state index is -0.159. The number of hydrogen-bond donors (Lipinski definition) is 0. The zero-order chi connectivity index (χ0) is 21.3. The molecule has 1 aliphatic rings. The van der Waals surface area contributed by atoms with Crippen LogP contribution in [0.2, 0.25) is 0 Å². The van der Waals surface area contributed by atoms with Gasteiger partial charge in [-0.2, -0.15) is 0 Å². The summed E-state index contributed by atoms with van der Waals surface area (Å²) in [4.78, 5) is 26.9. The quantitative estimate of drug-likeness (QED) is 0.621. The molecule has 0 aliphatic carbocycles. The zero-order valence-corrected chi connectivity index (χ0v) is 17.6. The summed E-state index contributed by atoms with van der Waals surface area (Å²) in [6.07, 6.45) is 3.08. The predicted octanol–water partition coefficient (Wildman–Crippen LogP) is 3.43. The van der Waals surface area contributed by atoms with E-state index in [2.05, 4.69) is 10.2 Å². The molecule has 30 heavy (non-hydrogen) atoms. The number of hydrogen-bond acceptors (Lipinski definition) is 5. The fraction of sp³-hybridized carbons (Fsp3) is 0.391. The summed E-state index contributed by atoms with van der Waals surface area (Å²) in [7, 11) is 0. The van der Waals surface area contributed by atoms with Crippen LogP contribution in [0.4, 0.5) is 0 Å². The number of pyridine rings is 1. The first kappa shape index (κ1) is 20.1. The number of fused-ring (bicyclic) bond motifs is 1. The molecule has 1 saturated heterocycles. The smallest absolute Gasteiger partial charge is 0.309 e. The first-order chi connectivity index (χ1) is 14.5. The standard InChI is InChI=1S/C23H26N4O3/c1-4-30-23(29)17-10-12-26(13-11-17)22(28)18-8-9-19-24-25-21(27(19)14-18)20-15(2)6-5-7-16(20)3/h5-9,14,17H,4,10-13H2,1-3H3. The first-order valence-electron chi connectivity index (χ1n) is 10.4. The number of carbonyl (C=O) groups is 2. The van der Waals surface area contributed by atoms with E-state index in [-0.39, 0.29) is 17.8 Å². The Kier molecular flexibility index (Phi) is 5.53. The molecule has 0 spiro atoms. The molecule has 3 heterocycles. The van der Waals surface area contributed by atoms with Gasteiger partial charge in [0.25, 0.3) is 5.91 Å². The summed E-state index contributed by atoms with van der Waals surface area (Å²) in [6.45, 7) is 7.39. The van der Waals surface area contributed by atoms with Gasteiger partial charge in [-0.25, -0.2) is 0 Å². The molecule has 4 rings (SSSR count). The molecule has 0 bridgehead atoms. The SMILES string of the molecule is CCOC(=O)C1CCN(C(=O)c2ccc3nnc(-c4c(C)cccc4C)n3c2)CC1. The van der Waals surface area contributed by atoms with Crippen molar-refractivity contribution in [2.24, 2.45) is 5.92 Å². The van der Waals surface area contributed by atoms with Crippen LogP contribution in [0.3, 0.4) is 0 Å². The van der Waals surface area contributed by atoms with Gasteiger partial charge in [0.1, 0.15) is 0 Å². The van der Waals surface area contributed by atoms with E-state index in [0.717, 1.165) is 22.5 Å². The van der Waals surface area contributed by atoms with Gasteiger partial charge in [0.05, 0.1) is 18.1 Å². The number of nitrogens with zero attached hydrogens (tertiary/aromatic N) is 4. The van der Waals surface area contributed by atoms with Gasteiger partial charge in [0.2, 0.25) is 0 Å². The summed E-state index contributed by atoms with van der Waals surface area (Å²) in [5, 5.41) is 8.66. The molecule has 0 radical (unpaired) electrons. The highest BCUT2D eigenvalue weighted by Crippen LogP contribution is 2.27. The number of aryl methyl sites for hydroxylation is 2. The number of rotatable bonds is 4. The summed E-state index contributed by atoms with van der Waals surface area (Å²) >= 11 is 0. The fourth-order valence-corrected chi connectivity index (χ4v) is 4.12. The monoisotopic (exact) mass is 406 g/mol. The van der Waals surface area contributed by atoms with Gasteiger partial charge in [-0.1, -0.05) is 18.2 Å². The van der Waals surface area contributed by atoms with E-state index >= 15 is 0 Å². The van der Waals surface area contributed by atoms with E-state index in [9.17, 15) is 9.59 Å². The number of piperidine rings is 1. The Balaban J connectivity index is 1.59. The van der Waals surface area contributed by atoms with Crippen LogP contribution >= 0.6 is 0 Å². The van der Waals surface area contributed by atoms with Gasteiger partial charge >= 0.3 is 5.97 Å². The lowest BCUT2D eigenvalue weighted by molar-refractivity contribution is -0.149. The normalized spacial score (nSPS) is 14.8. The van der Waals surface area contributed by atoms with Crippen LogP contribution in [0, 0.1) is 19.8 Å². The van der Waals surface area contributed by atoms with Crippen LogP contribution in [0.25, 0.3) is 17.0 Å². The molecular weight excluding hydrogens is 380 g/mol. The van der Waals surface area contributed by atoms with Crippen molar-refractivity contribution in [2.75, 3.05) is 19.7 Å². The molecule has 2 aromatic heterocycles. The van der Waals surface area contributed by atoms with Crippen molar-refractivity contribution in [3.05, 3.63) is 53.2 Å². The Labute approximate surface area is 175 Å². The minimum Gasteiger partial charge on any atom is -0.466 e. The Morgan fingerprint density at radius 1 is 1.07 bits per heavy atom. The highest BCUT2D eigenvalue weighted by Gasteiger charge is 2.29. The Morgan fingerprint density at radius 2 is 1.77 bits per heavy atom. The lowest BCUT2D eigenvalue weighted by Crippen LogP contribution is -2.40. The number of aromatic nitrogens is 3. The van der Waals surface area contributed by atoms with Crippen molar-refractivity contribution in [1.29, 1.82) is 0 Å². The largest absolute Gasteiger partial charge is 0.466 e. The molecule has 7 nitrogen and oxygen atoms in total. The fourth-order valence-electron chi connectivity index (χ4n) is 4.12. The molecule has 1 fully saturated rings. The number of esters is 1. The minimum absolute atomic E-state index is 0.0413. The van der Waals surface area contributed by atoms with E-state index in [4.69, 9.17) is 4.74 Å². The molecule has 7 heteroatoms. The second-order valence-electron chi connectivity index (χ2n) is 7.75. The maximum atomic E-state index is 13.1. The third-order valence-electron chi connectivity index (χ3n) is 5.76. The summed E-state index contributed by atoms with van der Waals surface area (Å²) in [5.74, 6) is 0.412. The Hall–Kier alpha value is -3.22. The summed E-state index contributed by atoms with van der Waals surface area (Å²) < 4.78 is 7.00. The Bertz CT molecular complexity index is 1080. The van der Waals surface area contributed by atoms with Crippen molar-refractivity contribution in [2.45, 2.75) is 33.6 Å². The van der Waals surface area contributed by atoms with E-state index in [0.29, 0.717) is 43.7 Å². The average molecular weight is 406 g/mol. The number of carbonyl (C=O) groups excluding carboxylic acids is 2. The molecule has 0 saturated carbocycles. The van der Waals surface area contributed by atoms with Gasteiger partial charge in [-0.3, -0.25) is 14.0 Å². The van der Waals surface area contributed by atoms with Crippen LogP contribution in [0.15, 0.2) is 36.5 Å². The maximum Gasteiger partial charge on any atom is 0.309 e. The van der Waals surface area contributed by atoms with Gasteiger partial charge in [-0.05, 0) is 56.9 Å². The molecule has 156 valence electrons. The molecule has 1 amide bonds. The number of likely N-dealkylation sites (tertiary alicyclic amines) is 1. The average Bonchev–Trinajstić information content (AvgIpc) is 3.16. The summed E-state index contributed by atoms with van der Waals surface area (Å²) in [6, 6.07) is 9.73. The molecule has 3 aromatic rings. The molecular formula is C23H26N4O3. The van der Waals surface area contributed by atoms with Gasteiger partial charge in [-0.15, -0.1) is 10.2 Å². The Morgan fingerprint density at radius 3 is 2.43 bits per heavy atom. The lowest BCUT2D eigenvalue weighted by Gasteiger charge is -2.31. The highest BCUT2D eigenvalue weighted by atomic mass is 16.5. The van der Waals surface area contributed by atoms with Crippen molar-refractivity contribution >= 4 is 17.5 Å². The van der Waals surface area contributed by atoms with Crippen LogP contribution < -0.4 is 0 Å². The lowest BCUT2D eigenvalue weighted by atomic mass is 9.96. The van der Waals surface area contributed by atoms with Crippen LogP contribution in [-0.2, 0) is 9.53 Å². The second-order valence-corrected chi connectivity index (χ2v) is 7.75. The van der Waals surface area contributed by atoms with E-state index in [1.165, 1.54) is 0 Å². The van der Waals surface area contributed by atoms with Gasteiger partial charge in [0.15, 0.2) is 11.5 Å². The van der Waals surface area contributed by atoms with E-state index in [1.54, 1.807) is 11.0 Å². The topological polar surface area (TPSA) is 76.8 Å². The molecule has 0 N–H and O–H groups in total. The third kappa shape index (κ3) is 3.67. The molecule has 1 aliphatic heterocycles. The molecule has 0 atom stereocenters. The third-order valence-corrected chi connectivity index (χ3v) is 5.76. The zero-order valence-electron chi connectivity index (χ0n) is 17.6. The summed E-state index contributed by atoms with van der Waals surface area (Å²) in [5.41, 5.74) is 4.54. The van der Waals surface area contributed by atoms with E-state index < -0.39 is 0 Å². The van der Waals surface area contributed by atoms with Gasteiger partial charge < -0.3 is 9.64 Å². The van der Waals surface area contributed by atoms with Crippen molar-refractivity contribution in [3.8, 4) is 11.4 Å². The molecule has 1 aromatic carbocycles. The maximum absolute atomic E-state index is 13.1. The highest BCUT2D eigenvalue weighted by molar-refractivity contribution is 5.94. The predicted molar refractivity (Wildman–Crippen MR) is 113 cm³/mol. The van der Waals surface area contributed by atoms with Crippen molar-refractivity contribution < 1.29 is 14.3 Å². The second kappa shape index (κ2) is 8.26. The van der Waals surface area contributed by atoms with Crippen LogP contribution in [-0.4, -0.2) is 51.1 Å².